The molecule has 1 aromatic heterocycles. The average Bonchev–Trinajstić information content (AvgIpc) is 3.19. The third-order valence-electron chi connectivity index (χ3n) is 5.03. The van der Waals surface area contributed by atoms with Gasteiger partial charge in [-0.25, -0.2) is 0 Å². The van der Waals surface area contributed by atoms with Gasteiger partial charge in [0.15, 0.2) is 0 Å². The van der Waals surface area contributed by atoms with Crippen molar-refractivity contribution in [2.75, 3.05) is 13.1 Å². The highest BCUT2D eigenvalue weighted by Crippen LogP contribution is 2.28. The Morgan fingerprint density at radius 2 is 1.85 bits per heavy atom. The minimum absolute atomic E-state index is 0. The van der Waals surface area contributed by atoms with Gasteiger partial charge in [-0.1, -0.05) is 36.4 Å². The fraction of sp³-hybridized carbons (Fsp3) is 0.318. The number of aryl methyl sites for hydroxylation is 1. The van der Waals surface area contributed by atoms with Crippen LogP contribution in [0.3, 0.4) is 0 Å². The Labute approximate surface area is 167 Å². The molecule has 142 valence electrons. The van der Waals surface area contributed by atoms with Crippen LogP contribution in [-0.4, -0.2) is 22.9 Å². The molecule has 0 aliphatic carbocycles. The lowest BCUT2D eigenvalue weighted by atomic mass is 10.1. The van der Waals surface area contributed by atoms with Gasteiger partial charge in [0.2, 0.25) is 0 Å². The number of nitrogens with zero attached hydrogens (tertiary/aromatic N) is 2. The summed E-state index contributed by atoms with van der Waals surface area (Å²) < 4.78 is 8.12. The van der Waals surface area contributed by atoms with Crippen LogP contribution in [0.2, 0.25) is 0 Å². The quantitative estimate of drug-likeness (QED) is 0.688. The van der Waals surface area contributed by atoms with Crippen LogP contribution in [0.4, 0.5) is 0 Å². The van der Waals surface area contributed by atoms with Crippen molar-refractivity contribution in [3.63, 3.8) is 0 Å². The van der Waals surface area contributed by atoms with Crippen LogP contribution in [-0.2, 0) is 6.61 Å². The van der Waals surface area contributed by atoms with Crippen LogP contribution in [0.1, 0.15) is 30.0 Å². The highest BCUT2D eigenvalue weighted by Gasteiger charge is 2.16. The van der Waals surface area contributed by atoms with Crippen LogP contribution < -0.4 is 10.1 Å². The van der Waals surface area contributed by atoms with Gasteiger partial charge in [0.1, 0.15) is 12.4 Å². The Morgan fingerprint density at radius 1 is 1.07 bits per heavy atom. The molecule has 1 aliphatic heterocycles. The zero-order chi connectivity index (χ0) is 17.8. The summed E-state index contributed by atoms with van der Waals surface area (Å²) in [5, 5.41) is 8.01. The zero-order valence-corrected chi connectivity index (χ0v) is 16.4. The van der Waals surface area contributed by atoms with Gasteiger partial charge >= 0.3 is 0 Å². The minimum Gasteiger partial charge on any atom is -0.489 e. The molecular weight excluding hydrogens is 358 g/mol. The molecule has 1 fully saturated rings. The molecule has 0 unspecified atom stereocenters. The second-order valence-electron chi connectivity index (χ2n) is 6.94. The Morgan fingerprint density at radius 3 is 2.59 bits per heavy atom. The van der Waals surface area contributed by atoms with E-state index < -0.39 is 0 Å². The molecule has 1 saturated heterocycles. The van der Waals surface area contributed by atoms with Gasteiger partial charge < -0.3 is 10.1 Å². The van der Waals surface area contributed by atoms with Gasteiger partial charge in [-0.3, -0.25) is 4.68 Å². The van der Waals surface area contributed by atoms with Crippen molar-refractivity contribution in [3.05, 3.63) is 72.1 Å². The molecule has 5 heteroatoms. The molecule has 1 aliphatic rings. The Hall–Kier alpha value is -2.30. The van der Waals surface area contributed by atoms with Gasteiger partial charge in [-0.05, 0) is 61.7 Å². The fourth-order valence-corrected chi connectivity index (χ4v) is 3.48. The van der Waals surface area contributed by atoms with Gasteiger partial charge in [-0.15, -0.1) is 12.4 Å². The third kappa shape index (κ3) is 4.71. The molecule has 0 saturated carbocycles. The molecule has 27 heavy (non-hydrogen) atoms. The molecule has 4 rings (SSSR count). The summed E-state index contributed by atoms with van der Waals surface area (Å²) in [6, 6.07) is 17.1. The summed E-state index contributed by atoms with van der Waals surface area (Å²) in [5.41, 5.74) is 4.68. The number of benzene rings is 2. The van der Waals surface area contributed by atoms with Crippen molar-refractivity contribution in [3.8, 4) is 16.9 Å². The smallest absolute Gasteiger partial charge is 0.122 e. The lowest BCUT2D eigenvalue weighted by molar-refractivity contribution is 0.304. The van der Waals surface area contributed by atoms with Crippen molar-refractivity contribution in [1.29, 1.82) is 0 Å². The van der Waals surface area contributed by atoms with Crippen molar-refractivity contribution < 1.29 is 4.74 Å². The zero-order valence-electron chi connectivity index (χ0n) is 15.6. The summed E-state index contributed by atoms with van der Waals surface area (Å²) in [7, 11) is 0. The van der Waals surface area contributed by atoms with Crippen LogP contribution in [0.5, 0.6) is 5.75 Å². The van der Waals surface area contributed by atoms with Crippen LogP contribution in [0.25, 0.3) is 11.1 Å². The van der Waals surface area contributed by atoms with Crippen molar-refractivity contribution in [2.24, 2.45) is 0 Å². The SMILES string of the molecule is Cc1cc(-c2cnn(C3CCNCC3)c2)ccc1OCc1ccccc1.Cl. The van der Waals surface area contributed by atoms with E-state index in [-0.39, 0.29) is 12.4 Å². The van der Waals surface area contributed by atoms with Crippen molar-refractivity contribution in [1.82, 2.24) is 15.1 Å². The molecule has 3 aromatic rings. The molecule has 4 nitrogen and oxygen atoms in total. The van der Waals surface area contributed by atoms with Crippen molar-refractivity contribution in [2.45, 2.75) is 32.4 Å². The van der Waals surface area contributed by atoms with E-state index in [0.717, 1.165) is 37.2 Å². The molecule has 0 radical (unpaired) electrons. The summed E-state index contributed by atoms with van der Waals surface area (Å²) in [4.78, 5) is 0. The molecule has 0 amide bonds. The van der Waals surface area contributed by atoms with Crippen LogP contribution >= 0.6 is 12.4 Å². The number of rotatable bonds is 5. The van der Waals surface area contributed by atoms with E-state index in [0.29, 0.717) is 12.6 Å². The first kappa shape index (κ1) is 19.5. The molecule has 2 aromatic carbocycles. The lowest BCUT2D eigenvalue weighted by Crippen LogP contribution is -2.29. The van der Waals surface area contributed by atoms with Crippen molar-refractivity contribution >= 4 is 12.4 Å². The predicted octanol–water partition coefficient (Wildman–Crippen LogP) is 4.78. The third-order valence-corrected chi connectivity index (χ3v) is 5.03. The number of hydrogen-bond donors (Lipinski definition) is 1. The fourth-order valence-electron chi connectivity index (χ4n) is 3.48. The van der Waals surface area contributed by atoms with E-state index in [9.17, 15) is 0 Å². The van der Waals surface area contributed by atoms with Gasteiger partial charge in [0, 0.05) is 11.8 Å². The van der Waals surface area contributed by atoms with Crippen LogP contribution in [0, 0.1) is 6.92 Å². The van der Waals surface area contributed by atoms with Gasteiger partial charge in [-0.2, -0.15) is 5.10 Å². The van der Waals surface area contributed by atoms with E-state index in [1.807, 2.05) is 24.4 Å². The minimum atomic E-state index is 0. The summed E-state index contributed by atoms with van der Waals surface area (Å²) in [6.07, 6.45) is 6.44. The number of aromatic nitrogens is 2. The maximum absolute atomic E-state index is 5.99. The molecule has 2 heterocycles. The van der Waals surface area contributed by atoms with E-state index >= 15 is 0 Å². The second kappa shape index (κ2) is 9.07. The lowest BCUT2D eigenvalue weighted by Gasteiger charge is -2.22. The predicted molar refractivity (Wildman–Crippen MR) is 112 cm³/mol. The maximum atomic E-state index is 5.99. The van der Waals surface area contributed by atoms with Gasteiger partial charge in [0.05, 0.1) is 12.2 Å². The Kier molecular flexibility index (Phi) is 6.54. The highest BCUT2D eigenvalue weighted by atomic mass is 35.5. The summed E-state index contributed by atoms with van der Waals surface area (Å²) >= 11 is 0. The number of piperidine rings is 1. The summed E-state index contributed by atoms with van der Waals surface area (Å²) in [5.74, 6) is 0.934. The highest BCUT2D eigenvalue weighted by molar-refractivity contribution is 5.85. The normalized spacial score (nSPS) is 14.6. The standard InChI is InChI=1S/C22H25N3O.ClH/c1-17-13-19(7-8-22(17)26-16-18-5-3-2-4-6-18)20-14-24-25(15-20)21-9-11-23-12-10-21;/h2-8,13-15,21,23H,9-12,16H2,1H3;1H. The largest absolute Gasteiger partial charge is 0.489 e. The van der Waals surface area contributed by atoms with E-state index in [1.165, 1.54) is 16.7 Å². The number of nitrogens with one attached hydrogen (secondary N) is 1. The topological polar surface area (TPSA) is 39.1 Å². The Balaban J connectivity index is 0.00000210. The average molecular weight is 384 g/mol. The van der Waals surface area contributed by atoms with E-state index in [4.69, 9.17) is 4.74 Å². The molecular formula is C22H26ClN3O. The number of ether oxygens (including phenoxy) is 1. The van der Waals surface area contributed by atoms with E-state index in [1.54, 1.807) is 0 Å². The first-order chi connectivity index (χ1) is 12.8. The number of halogens is 1. The molecule has 1 N–H and O–H groups in total. The molecule has 0 bridgehead atoms. The molecule has 0 spiro atoms. The van der Waals surface area contributed by atoms with Crippen LogP contribution in [0.15, 0.2) is 60.9 Å². The first-order valence-corrected chi connectivity index (χ1v) is 9.32. The number of hydrogen-bond acceptors (Lipinski definition) is 3. The van der Waals surface area contributed by atoms with Gasteiger partial charge in [0.25, 0.3) is 0 Å². The first-order valence-electron chi connectivity index (χ1n) is 9.32. The maximum Gasteiger partial charge on any atom is 0.122 e. The monoisotopic (exact) mass is 383 g/mol. The second-order valence-corrected chi connectivity index (χ2v) is 6.94. The Bertz CT molecular complexity index is 857. The van der Waals surface area contributed by atoms with E-state index in [2.05, 4.69) is 58.5 Å². The molecule has 0 atom stereocenters. The summed E-state index contributed by atoms with van der Waals surface area (Å²) in [6.45, 7) is 4.84.